The van der Waals surface area contributed by atoms with E-state index >= 15 is 0 Å². The number of halogens is 2. The Morgan fingerprint density at radius 3 is 2.33 bits per heavy atom. The van der Waals surface area contributed by atoms with Crippen molar-refractivity contribution in [3.63, 3.8) is 0 Å². The van der Waals surface area contributed by atoms with E-state index in [2.05, 4.69) is 10.5 Å². The monoisotopic (exact) mass is 400 g/mol. The van der Waals surface area contributed by atoms with Crippen molar-refractivity contribution in [2.75, 3.05) is 38.0 Å². The van der Waals surface area contributed by atoms with Crippen LogP contribution in [0.2, 0.25) is 0 Å². The fraction of sp³-hybridized carbons (Fsp3) is 0.375. The van der Waals surface area contributed by atoms with Crippen LogP contribution >= 0.6 is 0 Å². The zero-order valence-corrected chi connectivity index (χ0v) is 15.3. The van der Waals surface area contributed by atoms with Crippen LogP contribution in [-0.4, -0.2) is 61.4 Å². The van der Waals surface area contributed by atoms with Crippen LogP contribution in [0.3, 0.4) is 0 Å². The van der Waals surface area contributed by atoms with E-state index in [1.54, 1.807) is 17.9 Å². The molecule has 0 saturated carbocycles. The maximum Gasteiger partial charge on any atom is 0.243 e. The molecule has 0 spiro atoms. The Hall–Kier alpha value is -2.37. The number of nitrogens with zero attached hydrogens (tertiary/aromatic N) is 3. The summed E-state index contributed by atoms with van der Waals surface area (Å²) in [6.07, 6.45) is 0. The van der Waals surface area contributed by atoms with Crippen molar-refractivity contribution in [2.24, 2.45) is 0 Å². The number of piperazine rings is 1. The van der Waals surface area contributed by atoms with E-state index in [1.165, 1.54) is 0 Å². The molecule has 0 aliphatic carbocycles. The quantitative estimate of drug-likeness (QED) is 0.811. The molecular formula is C16H18F2N4O4S. The van der Waals surface area contributed by atoms with E-state index in [4.69, 9.17) is 4.52 Å². The molecule has 0 atom stereocenters. The van der Waals surface area contributed by atoms with Gasteiger partial charge >= 0.3 is 0 Å². The van der Waals surface area contributed by atoms with Crippen LogP contribution in [0.5, 0.6) is 0 Å². The first-order valence-electron chi connectivity index (χ1n) is 8.16. The Kier molecular flexibility index (Phi) is 5.53. The van der Waals surface area contributed by atoms with Gasteiger partial charge in [-0.25, -0.2) is 17.2 Å². The topological polar surface area (TPSA) is 95.8 Å². The normalized spacial score (nSPS) is 16.4. The van der Waals surface area contributed by atoms with Crippen molar-refractivity contribution in [1.82, 2.24) is 14.4 Å². The highest BCUT2D eigenvalue weighted by atomic mass is 32.2. The summed E-state index contributed by atoms with van der Waals surface area (Å²) in [5.41, 5.74) is 0. The molecule has 0 bridgehead atoms. The van der Waals surface area contributed by atoms with Gasteiger partial charge in [-0.15, -0.1) is 0 Å². The molecule has 0 unspecified atom stereocenters. The summed E-state index contributed by atoms with van der Waals surface area (Å²) in [4.78, 5) is 13.4. The maximum atomic E-state index is 13.3. The molecule has 146 valence electrons. The highest BCUT2D eigenvalue weighted by molar-refractivity contribution is 7.89. The summed E-state index contributed by atoms with van der Waals surface area (Å²) in [6.45, 7) is 2.60. The van der Waals surface area contributed by atoms with E-state index in [9.17, 15) is 22.0 Å². The molecular weight excluding hydrogens is 382 g/mol. The van der Waals surface area contributed by atoms with Gasteiger partial charge in [-0.3, -0.25) is 9.69 Å². The minimum absolute atomic E-state index is 0.0639. The third-order valence-corrected chi connectivity index (χ3v) is 5.94. The van der Waals surface area contributed by atoms with Gasteiger partial charge in [0.05, 0.1) is 11.4 Å². The van der Waals surface area contributed by atoms with Gasteiger partial charge in [-0.2, -0.15) is 4.31 Å². The number of nitrogens with one attached hydrogen (secondary N) is 1. The minimum Gasteiger partial charge on any atom is -0.360 e. The summed E-state index contributed by atoms with van der Waals surface area (Å²) < 4.78 is 57.7. The minimum atomic E-state index is -4.00. The Bertz CT molecular complexity index is 919. The molecule has 3 rings (SSSR count). The second-order valence-electron chi connectivity index (χ2n) is 6.16. The van der Waals surface area contributed by atoms with Crippen molar-refractivity contribution < 1.29 is 26.5 Å². The number of anilines is 1. The number of amides is 1. The SMILES string of the molecule is Cc1cc(NC(=O)CN2CCN(S(=O)(=O)c3cc(F)cc(F)c3)CC2)no1. The first-order valence-corrected chi connectivity index (χ1v) is 9.60. The molecule has 2 aromatic rings. The zero-order valence-electron chi connectivity index (χ0n) is 14.5. The summed E-state index contributed by atoms with van der Waals surface area (Å²) in [5, 5.41) is 6.26. The number of hydrogen-bond acceptors (Lipinski definition) is 6. The van der Waals surface area contributed by atoms with Crippen LogP contribution in [0.25, 0.3) is 0 Å². The number of carbonyl (C=O) groups excluding carboxylic acids is 1. The third kappa shape index (κ3) is 4.67. The summed E-state index contributed by atoms with van der Waals surface area (Å²) >= 11 is 0. The van der Waals surface area contributed by atoms with Gasteiger partial charge in [0.25, 0.3) is 0 Å². The summed E-state index contributed by atoms with van der Waals surface area (Å²) in [7, 11) is -4.00. The van der Waals surface area contributed by atoms with Gasteiger partial charge in [0.2, 0.25) is 15.9 Å². The largest absolute Gasteiger partial charge is 0.360 e. The predicted octanol–water partition coefficient (Wildman–Crippen LogP) is 1.21. The molecule has 27 heavy (non-hydrogen) atoms. The van der Waals surface area contributed by atoms with Gasteiger partial charge in [-0.05, 0) is 19.1 Å². The van der Waals surface area contributed by atoms with Crippen molar-refractivity contribution in [3.8, 4) is 0 Å². The first-order chi connectivity index (χ1) is 12.7. The lowest BCUT2D eigenvalue weighted by Crippen LogP contribution is -2.50. The number of carbonyl (C=O) groups is 1. The lowest BCUT2D eigenvalue weighted by molar-refractivity contribution is -0.117. The van der Waals surface area contributed by atoms with Gasteiger partial charge < -0.3 is 9.84 Å². The van der Waals surface area contributed by atoms with E-state index in [0.29, 0.717) is 30.7 Å². The molecule has 1 N–H and O–H groups in total. The van der Waals surface area contributed by atoms with Crippen molar-refractivity contribution >= 4 is 21.7 Å². The molecule has 1 amide bonds. The standard InChI is InChI=1S/C16H18F2N4O4S/c1-11-6-15(20-26-11)19-16(23)10-21-2-4-22(5-3-21)27(24,25)14-8-12(17)7-13(18)9-14/h6-9H,2-5,10H2,1H3,(H,19,20,23). The van der Waals surface area contributed by atoms with E-state index in [0.717, 1.165) is 16.4 Å². The molecule has 2 heterocycles. The smallest absolute Gasteiger partial charge is 0.243 e. The Morgan fingerprint density at radius 1 is 1.15 bits per heavy atom. The molecule has 1 aliphatic rings. The summed E-state index contributed by atoms with van der Waals surface area (Å²) in [6, 6.07) is 3.78. The van der Waals surface area contributed by atoms with Crippen molar-refractivity contribution in [1.29, 1.82) is 0 Å². The van der Waals surface area contributed by atoms with Gasteiger partial charge in [0.1, 0.15) is 17.4 Å². The molecule has 1 aliphatic heterocycles. The van der Waals surface area contributed by atoms with Gasteiger partial charge in [-0.1, -0.05) is 5.16 Å². The number of rotatable bonds is 5. The number of benzene rings is 1. The zero-order chi connectivity index (χ0) is 19.6. The molecule has 11 heteroatoms. The number of sulfonamides is 1. The lowest BCUT2D eigenvalue weighted by atomic mass is 10.3. The molecule has 8 nitrogen and oxygen atoms in total. The second kappa shape index (κ2) is 7.71. The van der Waals surface area contributed by atoms with Crippen LogP contribution in [0.1, 0.15) is 5.76 Å². The molecule has 1 fully saturated rings. The highest BCUT2D eigenvalue weighted by Crippen LogP contribution is 2.20. The fourth-order valence-corrected chi connectivity index (χ4v) is 4.23. The molecule has 1 aromatic carbocycles. The third-order valence-electron chi connectivity index (χ3n) is 4.07. The average molecular weight is 400 g/mol. The maximum absolute atomic E-state index is 13.3. The molecule has 0 radical (unpaired) electrons. The van der Waals surface area contributed by atoms with Crippen LogP contribution in [0, 0.1) is 18.6 Å². The fourth-order valence-electron chi connectivity index (χ4n) is 2.77. The Labute approximate surface area is 154 Å². The second-order valence-corrected chi connectivity index (χ2v) is 8.09. The average Bonchev–Trinajstić information content (AvgIpc) is 2.99. The first kappa shape index (κ1) is 19.4. The van der Waals surface area contributed by atoms with Crippen molar-refractivity contribution in [3.05, 3.63) is 41.7 Å². The van der Waals surface area contributed by atoms with Crippen LogP contribution in [-0.2, 0) is 14.8 Å². The predicted molar refractivity (Wildman–Crippen MR) is 91.4 cm³/mol. The van der Waals surface area contributed by atoms with Gasteiger partial charge in [0.15, 0.2) is 5.82 Å². The lowest BCUT2D eigenvalue weighted by Gasteiger charge is -2.33. The number of aromatic nitrogens is 1. The Morgan fingerprint density at radius 2 is 1.78 bits per heavy atom. The summed E-state index contributed by atoms with van der Waals surface area (Å²) in [5.74, 6) is -1.32. The molecule has 1 aromatic heterocycles. The number of hydrogen-bond donors (Lipinski definition) is 1. The van der Waals surface area contributed by atoms with Crippen molar-refractivity contribution in [2.45, 2.75) is 11.8 Å². The number of aryl methyl sites for hydroxylation is 1. The van der Waals surface area contributed by atoms with Crippen LogP contribution in [0.15, 0.2) is 33.7 Å². The highest BCUT2D eigenvalue weighted by Gasteiger charge is 2.29. The van der Waals surface area contributed by atoms with E-state index < -0.39 is 26.6 Å². The van der Waals surface area contributed by atoms with Crippen LogP contribution < -0.4 is 5.32 Å². The molecule has 1 saturated heterocycles. The van der Waals surface area contributed by atoms with E-state index in [1.807, 2.05) is 0 Å². The van der Waals surface area contributed by atoms with Gasteiger partial charge in [0, 0.05) is 38.3 Å². The Balaban J connectivity index is 1.57. The van der Waals surface area contributed by atoms with Crippen LogP contribution in [0.4, 0.5) is 14.6 Å². The van der Waals surface area contributed by atoms with E-state index in [-0.39, 0.29) is 25.5 Å².